The molecule has 1 heterocycles. The van der Waals surface area contributed by atoms with Crippen LogP contribution in [0.2, 0.25) is 0 Å². The van der Waals surface area contributed by atoms with Crippen molar-refractivity contribution < 1.29 is 19.4 Å². The highest BCUT2D eigenvalue weighted by Crippen LogP contribution is 2.27. The Bertz CT molecular complexity index is 1080. The summed E-state index contributed by atoms with van der Waals surface area (Å²) in [6, 6.07) is 17.5. The molecule has 0 atom stereocenters. The van der Waals surface area contributed by atoms with Crippen molar-refractivity contribution in [1.29, 1.82) is 0 Å². The van der Waals surface area contributed by atoms with Crippen LogP contribution in [0.25, 0.3) is 5.70 Å². The van der Waals surface area contributed by atoms with E-state index >= 15 is 0 Å². The normalized spacial score (nSPS) is 14.1. The molecular weight excluding hydrogens is 418 g/mol. The van der Waals surface area contributed by atoms with Gasteiger partial charge in [-0.1, -0.05) is 42.0 Å². The van der Waals surface area contributed by atoms with Gasteiger partial charge in [0.05, 0.1) is 5.70 Å². The third-order valence-electron chi connectivity index (χ3n) is 5.12. The first-order valence-electron chi connectivity index (χ1n) is 10.8. The number of hydrogen-bond acceptors (Lipinski definition) is 5. The minimum atomic E-state index is -1.16. The molecule has 7 heteroatoms. The number of carbonyl (C=O) groups excluding carboxylic acids is 1. The topological polar surface area (TPSA) is 91.2 Å². The second-order valence-electron chi connectivity index (χ2n) is 8.00. The van der Waals surface area contributed by atoms with E-state index in [1.54, 1.807) is 0 Å². The van der Waals surface area contributed by atoms with Crippen molar-refractivity contribution in [1.82, 2.24) is 10.3 Å². The number of nitrogens with zero attached hydrogens (tertiary/aromatic N) is 2. The summed E-state index contributed by atoms with van der Waals surface area (Å²) in [4.78, 5) is 24.3. The third-order valence-corrected chi connectivity index (χ3v) is 5.12. The van der Waals surface area contributed by atoms with Crippen LogP contribution in [0.4, 0.5) is 0 Å². The van der Waals surface area contributed by atoms with Gasteiger partial charge in [-0.15, -0.1) is 0 Å². The van der Waals surface area contributed by atoms with Crippen LogP contribution in [0.1, 0.15) is 44.7 Å². The average Bonchev–Trinajstić information content (AvgIpc) is 2.81. The lowest BCUT2D eigenvalue weighted by molar-refractivity contribution is -0.129. The molecule has 0 bridgehead atoms. The van der Waals surface area contributed by atoms with Crippen molar-refractivity contribution in [3.63, 3.8) is 0 Å². The van der Waals surface area contributed by atoms with Crippen molar-refractivity contribution in [2.24, 2.45) is 5.10 Å². The van der Waals surface area contributed by atoms with Crippen molar-refractivity contribution in [3.8, 4) is 5.75 Å². The van der Waals surface area contributed by atoms with Crippen molar-refractivity contribution in [3.05, 3.63) is 82.9 Å². The molecular formula is C26H29N3O4. The Hall–Kier alpha value is -3.87. The lowest BCUT2D eigenvalue weighted by Gasteiger charge is -2.29. The molecule has 1 aliphatic rings. The van der Waals surface area contributed by atoms with Gasteiger partial charge in [-0.05, 0) is 69.0 Å². The van der Waals surface area contributed by atoms with E-state index in [0.29, 0.717) is 25.0 Å². The number of aliphatic carboxylic acids is 1. The number of nitrogens with one attached hydrogen (secondary N) is 1. The predicted octanol–water partition coefficient (Wildman–Crippen LogP) is 4.57. The monoisotopic (exact) mass is 447 g/mol. The zero-order chi connectivity index (χ0) is 23.8. The van der Waals surface area contributed by atoms with Crippen LogP contribution in [-0.2, 0) is 16.2 Å². The zero-order valence-electron chi connectivity index (χ0n) is 19.2. The molecule has 0 saturated carbocycles. The molecule has 0 aliphatic carbocycles. The molecule has 0 unspecified atom stereocenters. The number of hydrogen-bond donors (Lipinski definition) is 2. The van der Waals surface area contributed by atoms with Gasteiger partial charge in [0.1, 0.15) is 24.7 Å². The number of allylic oxidation sites excluding steroid dienone is 2. The van der Waals surface area contributed by atoms with E-state index in [1.165, 1.54) is 17.5 Å². The molecule has 2 aromatic carbocycles. The molecule has 1 aliphatic heterocycles. The molecule has 0 fully saturated rings. The molecule has 3 rings (SSSR count). The summed E-state index contributed by atoms with van der Waals surface area (Å²) in [7, 11) is 0. The molecule has 0 aromatic heterocycles. The van der Waals surface area contributed by atoms with Gasteiger partial charge >= 0.3 is 5.97 Å². The van der Waals surface area contributed by atoms with E-state index in [1.807, 2.05) is 68.4 Å². The highest BCUT2D eigenvalue weighted by molar-refractivity contribution is 6.34. The fraction of sp³-hybridized carbons (Fsp3) is 0.269. The summed E-state index contributed by atoms with van der Waals surface area (Å²) in [5.74, 6) is -0.717. The highest BCUT2D eigenvalue weighted by atomic mass is 16.5. The van der Waals surface area contributed by atoms with E-state index in [2.05, 4.69) is 16.5 Å². The van der Waals surface area contributed by atoms with E-state index in [4.69, 9.17) is 9.84 Å². The summed E-state index contributed by atoms with van der Waals surface area (Å²) < 4.78 is 5.86. The summed E-state index contributed by atoms with van der Waals surface area (Å²) in [5, 5.41) is 17.5. The summed E-state index contributed by atoms with van der Waals surface area (Å²) in [6.45, 7) is 5.96. The number of carbonyl (C=O) groups is 2. The first-order valence-corrected chi connectivity index (χ1v) is 10.8. The summed E-state index contributed by atoms with van der Waals surface area (Å²) >= 11 is 0. The Kier molecular flexibility index (Phi) is 8.02. The average molecular weight is 448 g/mol. The van der Waals surface area contributed by atoms with E-state index in [0.717, 1.165) is 22.6 Å². The lowest BCUT2D eigenvalue weighted by Crippen LogP contribution is -2.42. The maximum atomic E-state index is 13.2. The summed E-state index contributed by atoms with van der Waals surface area (Å²) in [5.41, 5.74) is 4.28. The second-order valence-corrected chi connectivity index (χ2v) is 8.00. The number of hydrazone groups is 1. The van der Waals surface area contributed by atoms with Crippen LogP contribution in [0.3, 0.4) is 0 Å². The first-order chi connectivity index (χ1) is 15.8. The van der Waals surface area contributed by atoms with Crippen LogP contribution in [0, 0.1) is 0 Å². The van der Waals surface area contributed by atoms with E-state index < -0.39 is 5.97 Å². The van der Waals surface area contributed by atoms with Gasteiger partial charge in [-0.2, -0.15) is 5.10 Å². The van der Waals surface area contributed by atoms with Crippen molar-refractivity contribution >= 4 is 23.3 Å². The minimum absolute atomic E-state index is 0.0944. The third kappa shape index (κ3) is 6.55. The Morgan fingerprint density at radius 1 is 1.12 bits per heavy atom. The second kappa shape index (κ2) is 11.1. The van der Waals surface area contributed by atoms with Gasteiger partial charge in [-0.3, -0.25) is 4.79 Å². The fourth-order valence-corrected chi connectivity index (χ4v) is 3.37. The van der Waals surface area contributed by atoms with Crippen LogP contribution in [0.15, 0.2) is 76.9 Å². The van der Waals surface area contributed by atoms with Crippen LogP contribution < -0.4 is 10.1 Å². The maximum absolute atomic E-state index is 13.2. The molecule has 33 heavy (non-hydrogen) atoms. The van der Waals surface area contributed by atoms with Gasteiger partial charge < -0.3 is 15.2 Å². The van der Waals surface area contributed by atoms with Crippen molar-refractivity contribution in [2.75, 3.05) is 6.67 Å². The Balaban J connectivity index is 1.83. The largest absolute Gasteiger partial charge is 0.489 e. The number of carboxylic acid groups (broad SMARTS) is 1. The molecule has 7 nitrogen and oxygen atoms in total. The minimum Gasteiger partial charge on any atom is -0.489 e. The van der Waals surface area contributed by atoms with Gasteiger partial charge in [0.15, 0.2) is 0 Å². The van der Waals surface area contributed by atoms with Gasteiger partial charge in [0.25, 0.3) is 5.91 Å². The predicted molar refractivity (Wildman–Crippen MR) is 128 cm³/mol. The molecule has 2 N–H and O–H groups in total. The lowest BCUT2D eigenvalue weighted by atomic mass is 9.99. The first kappa shape index (κ1) is 23.8. The number of carboxylic acids is 1. The van der Waals surface area contributed by atoms with Gasteiger partial charge in [0.2, 0.25) is 0 Å². The molecule has 172 valence electrons. The molecule has 1 amide bonds. The Morgan fingerprint density at radius 3 is 2.45 bits per heavy atom. The maximum Gasteiger partial charge on any atom is 0.351 e. The fourth-order valence-electron chi connectivity index (χ4n) is 3.37. The van der Waals surface area contributed by atoms with Crippen LogP contribution in [-0.4, -0.2) is 34.4 Å². The van der Waals surface area contributed by atoms with Crippen LogP contribution in [0.5, 0.6) is 5.75 Å². The molecule has 0 spiro atoms. The van der Waals surface area contributed by atoms with Gasteiger partial charge in [-0.25, -0.2) is 9.80 Å². The standard InChI is InChI=1S/C26H29N3O4/c1-18(2)8-7-11-23-24(27-17-29(25(23)30)28-19(3)26(31)32)21-12-14-22(15-13-21)33-16-20-9-5-4-6-10-20/h4-6,8-10,12-15,27H,7,11,16-17H2,1-3H3,(H,31,32)/b28-19+. The number of amides is 1. The molecule has 2 aromatic rings. The van der Waals surface area contributed by atoms with Crippen molar-refractivity contribution in [2.45, 2.75) is 40.2 Å². The Labute approximate surface area is 194 Å². The summed E-state index contributed by atoms with van der Waals surface area (Å²) in [6.07, 6.45) is 3.28. The number of rotatable bonds is 9. The zero-order valence-corrected chi connectivity index (χ0v) is 19.2. The SMILES string of the molecule is CC(C)=CCCC1=C(c2ccc(OCc3ccccc3)cc2)NCN(/N=C(\C)C(=O)O)C1=O. The van der Waals surface area contributed by atoms with E-state index in [-0.39, 0.29) is 18.3 Å². The smallest absolute Gasteiger partial charge is 0.351 e. The van der Waals surface area contributed by atoms with E-state index in [9.17, 15) is 9.59 Å². The quantitative estimate of drug-likeness (QED) is 0.434. The Morgan fingerprint density at radius 2 is 1.82 bits per heavy atom. The highest BCUT2D eigenvalue weighted by Gasteiger charge is 2.27. The van der Waals surface area contributed by atoms with Gasteiger partial charge in [0, 0.05) is 5.57 Å². The number of benzene rings is 2. The molecule has 0 radical (unpaired) electrons. The number of ether oxygens (including phenoxy) is 1. The van der Waals surface area contributed by atoms with Crippen LogP contribution >= 0.6 is 0 Å². The molecule has 0 saturated heterocycles.